The van der Waals surface area contributed by atoms with E-state index in [1.807, 2.05) is 0 Å². The maximum Gasteiger partial charge on any atom is 0.508 e. The van der Waals surface area contributed by atoms with E-state index in [-0.39, 0.29) is 12.1 Å². The van der Waals surface area contributed by atoms with Crippen LogP contribution in [0.4, 0.5) is 4.79 Å². The third-order valence-electron chi connectivity index (χ3n) is 1.08. The van der Waals surface area contributed by atoms with Crippen LogP contribution < -0.4 is 0 Å². The summed E-state index contributed by atoms with van der Waals surface area (Å²) in [5.41, 5.74) is 0. The highest BCUT2D eigenvalue weighted by molar-refractivity contribution is 5.65. The molecule has 13 heavy (non-hydrogen) atoms. The van der Waals surface area contributed by atoms with E-state index in [2.05, 4.69) is 14.2 Å². The van der Waals surface area contributed by atoms with E-state index < -0.39 is 6.16 Å². The molecule has 1 aliphatic heterocycles. The minimum atomic E-state index is -0.549. The van der Waals surface area contributed by atoms with Gasteiger partial charge in [-0.1, -0.05) is 0 Å². The van der Waals surface area contributed by atoms with Gasteiger partial charge in [0.1, 0.15) is 12.7 Å². The Morgan fingerprint density at radius 3 is 2.38 bits per heavy atom. The van der Waals surface area contributed by atoms with Crippen molar-refractivity contribution in [2.75, 3.05) is 13.2 Å². The first-order valence-corrected chi connectivity index (χ1v) is 4.03. The fraction of sp³-hybridized carbons (Fsp3) is 0.750. The third-order valence-corrected chi connectivity index (χ3v) is 1.08. The number of hydrogen-bond acceptors (Lipinski definition) is 5. The predicted molar refractivity (Wildman–Crippen MR) is 44.2 cm³/mol. The van der Waals surface area contributed by atoms with E-state index in [1.165, 1.54) is 6.92 Å². The molecule has 1 atom stereocenters. The van der Waals surface area contributed by atoms with Gasteiger partial charge in [0, 0.05) is 6.92 Å². The lowest BCUT2D eigenvalue weighted by molar-refractivity contribution is -0.140. The Morgan fingerprint density at radius 2 is 2.31 bits per heavy atom. The van der Waals surface area contributed by atoms with Crippen LogP contribution in [-0.4, -0.2) is 31.4 Å². The first kappa shape index (κ1) is 11.7. The fourth-order valence-corrected chi connectivity index (χ4v) is 0.621. The summed E-state index contributed by atoms with van der Waals surface area (Å²) >= 11 is 0. The average molecular weight is 190 g/mol. The van der Waals surface area contributed by atoms with Crippen LogP contribution in [0.25, 0.3) is 0 Å². The normalized spacial score (nSPS) is 19.3. The number of ether oxygens (including phenoxy) is 3. The molecule has 76 valence electrons. The first-order valence-electron chi connectivity index (χ1n) is 4.03. The largest absolute Gasteiger partial charge is 0.508 e. The molecule has 5 heteroatoms. The number of hydrogen-bond donors (Lipinski definition) is 0. The molecular weight excluding hydrogens is 176 g/mol. The maximum absolute atomic E-state index is 10.0. The van der Waals surface area contributed by atoms with Gasteiger partial charge < -0.3 is 14.2 Å². The molecule has 0 radical (unpaired) electrons. The van der Waals surface area contributed by atoms with Crippen LogP contribution in [-0.2, 0) is 19.0 Å². The quantitative estimate of drug-likeness (QED) is 0.579. The Morgan fingerprint density at radius 1 is 1.69 bits per heavy atom. The van der Waals surface area contributed by atoms with Crippen molar-refractivity contribution in [3.63, 3.8) is 0 Å². The molecule has 1 rings (SSSR count). The van der Waals surface area contributed by atoms with E-state index in [1.54, 1.807) is 13.8 Å². The highest BCUT2D eigenvalue weighted by Crippen LogP contribution is 2.02. The summed E-state index contributed by atoms with van der Waals surface area (Å²) in [4.78, 5) is 19.8. The number of rotatable bonds is 1. The summed E-state index contributed by atoms with van der Waals surface area (Å²) in [7, 11) is 0. The van der Waals surface area contributed by atoms with E-state index >= 15 is 0 Å². The van der Waals surface area contributed by atoms with Crippen LogP contribution in [0.2, 0.25) is 0 Å². The number of carbonyl (C=O) groups is 2. The SMILES string of the molecule is CC1COC(=O)O1.CCOC(C)=O. The summed E-state index contributed by atoms with van der Waals surface area (Å²) < 4.78 is 13.3. The standard InChI is InChI=1S/C4H6O3.C4H8O2/c1-3-2-6-4(5)7-3;1-3-6-4(2)5/h3H,2H2,1H3;3H2,1-2H3. The molecule has 5 nitrogen and oxygen atoms in total. The van der Waals surface area contributed by atoms with Gasteiger partial charge in [0.2, 0.25) is 0 Å². The molecule has 0 saturated carbocycles. The van der Waals surface area contributed by atoms with Crippen LogP contribution in [0.1, 0.15) is 20.8 Å². The molecule has 0 amide bonds. The zero-order valence-corrected chi connectivity index (χ0v) is 8.03. The minimum Gasteiger partial charge on any atom is -0.466 e. The van der Waals surface area contributed by atoms with Crippen LogP contribution in [0.5, 0.6) is 0 Å². The van der Waals surface area contributed by atoms with Crippen molar-refractivity contribution in [3.05, 3.63) is 0 Å². The lowest BCUT2D eigenvalue weighted by Gasteiger charge is -1.90. The molecule has 0 aromatic rings. The molecule has 1 saturated heterocycles. The first-order chi connectivity index (χ1) is 6.06. The van der Waals surface area contributed by atoms with Gasteiger partial charge in [-0.25, -0.2) is 4.79 Å². The molecule has 1 aliphatic rings. The monoisotopic (exact) mass is 190 g/mol. The summed E-state index contributed by atoms with van der Waals surface area (Å²) in [5, 5.41) is 0. The van der Waals surface area contributed by atoms with Gasteiger partial charge >= 0.3 is 12.1 Å². The van der Waals surface area contributed by atoms with Crippen LogP contribution >= 0.6 is 0 Å². The Hall–Kier alpha value is -1.26. The Balaban J connectivity index is 0.000000226. The van der Waals surface area contributed by atoms with E-state index in [4.69, 9.17) is 0 Å². The summed E-state index contributed by atoms with van der Waals surface area (Å²) in [6, 6.07) is 0. The van der Waals surface area contributed by atoms with E-state index in [9.17, 15) is 9.59 Å². The molecule has 1 heterocycles. The van der Waals surface area contributed by atoms with Crippen LogP contribution in [0, 0.1) is 0 Å². The molecule has 0 N–H and O–H groups in total. The van der Waals surface area contributed by atoms with Gasteiger partial charge in [0.15, 0.2) is 0 Å². The highest BCUT2D eigenvalue weighted by atomic mass is 16.8. The maximum atomic E-state index is 10.0. The predicted octanol–water partition coefficient (Wildman–Crippen LogP) is 1.11. The van der Waals surface area contributed by atoms with Crippen molar-refractivity contribution in [2.24, 2.45) is 0 Å². The fourth-order valence-electron chi connectivity index (χ4n) is 0.621. The Bertz CT molecular complexity index is 177. The van der Waals surface area contributed by atoms with Gasteiger partial charge in [-0.15, -0.1) is 0 Å². The Labute approximate surface area is 77.0 Å². The van der Waals surface area contributed by atoms with E-state index in [0.29, 0.717) is 13.2 Å². The lowest BCUT2D eigenvalue weighted by Crippen LogP contribution is -2.01. The zero-order valence-electron chi connectivity index (χ0n) is 8.03. The second kappa shape index (κ2) is 6.28. The molecule has 0 spiro atoms. The molecule has 0 bridgehead atoms. The second-order valence-corrected chi connectivity index (χ2v) is 2.41. The number of cyclic esters (lactones) is 2. The van der Waals surface area contributed by atoms with Gasteiger partial charge in [0.25, 0.3) is 0 Å². The molecule has 0 aromatic heterocycles. The molecule has 0 aliphatic carbocycles. The highest BCUT2D eigenvalue weighted by Gasteiger charge is 2.19. The smallest absolute Gasteiger partial charge is 0.466 e. The molecule has 1 fully saturated rings. The molecule has 0 aromatic carbocycles. The molecular formula is C8H14O5. The summed E-state index contributed by atoms with van der Waals surface area (Å²) in [6.45, 7) is 5.84. The van der Waals surface area contributed by atoms with Crippen molar-refractivity contribution >= 4 is 12.1 Å². The van der Waals surface area contributed by atoms with E-state index in [0.717, 1.165) is 0 Å². The molecule has 1 unspecified atom stereocenters. The van der Waals surface area contributed by atoms with Crippen molar-refractivity contribution in [1.82, 2.24) is 0 Å². The topological polar surface area (TPSA) is 61.8 Å². The third kappa shape index (κ3) is 7.11. The Kier molecular flexibility index (Phi) is 5.67. The number of carbonyl (C=O) groups excluding carboxylic acids is 2. The second-order valence-electron chi connectivity index (χ2n) is 2.41. The summed E-state index contributed by atoms with van der Waals surface area (Å²) in [6.07, 6.45) is -0.597. The van der Waals surface area contributed by atoms with Crippen molar-refractivity contribution in [2.45, 2.75) is 26.9 Å². The van der Waals surface area contributed by atoms with Crippen LogP contribution in [0.3, 0.4) is 0 Å². The van der Waals surface area contributed by atoms with Gasteiger partial charge in [-0.05, 0) is 13.8 Å². The minimum absolute atomic E-state index is 0.0486. The number of esters is 1. The summed E-state index contributed by atoms with van der Waals surface area (Å²) in [5.74, 6) is -0.211. The van der Waals surface area contributed by atoms with Crippen molar-refractivity contribution in [1.29, 1.82) is 0 Å². The van der Waals surface area contributed by atoms with Crippen molar-refractivity contribution in [3.8, 4) is 0 Å². The lowest BCUT2D eigenvalue weighted by atomic mass is 10.5. The van der Waals surface area contributed by atoms with Crippen molar-refractivity contribution < 1.29 is 23.8 Å². The van der Waals surface area contributed by atoms with Gasteiger partial charge in [0.05, 0.1) is 6.61 Å². The average Bonchev–Trinajstić information content (AvgIpc) is 2.35. The van der Waals surface area contributed by atoms with Crippen LogP contribution in [0.15, 0.2) is 0 Å². The zero-order chi connectivity index (χ0) is 10.3. The van der Waals surface area contributed by atoms with Gasteiger partial charge in [-0.3, -0.25) is 4.79 Å². The van der Waals surface area contributed by atoms with Gasteiger partial charge in [-0.2, -0.15) is 0 Å².